The molecular weight excluding hydrogens is 122 g/mol. The minimum atomic E-state index is 0.232. The van der Waals surface area contributed by atoms with Crippen molar-refractivity contribution in [1.29, 1.82) is 0 Å². The zero-order valence-corrected chi connectivity index (χ0v) is 7.19. The molecule has 0 aliphatic heterocycles. The van der Waals surface area contributed by atoms with E-state index in [1.807, 2.05) is 0 Å². The lowest BCUT2D eigenvalue weighted by Crippen LogP contribution is -2.54. The standard InChI is InChI=1S/C9H19N/c1-3-5-8-6-7-9(8,10)4-2/h8H,3-7,10H2,1-2H3. The van der Waals surface area contributed by atoms with Crippen LogP contribution in [0.2, 0.25) is 0 Å². The second-order valence-electron chi connectivity index (χ2n) is 3.61. The number of hydrogen-bond donors (Lipinski definition) is 1. The van der Waals surface area contributed by atoms with Crippen LogP contribution in [0.15, 0.2) is 0 Å². The maximum absolute atomic E-state index is 6.13. The van der Waals surface area contributed by atoms with Gasteiger partial charge in [0.1, 0.15) is 0 Å². The summed E-state index contributed by atoms with van der Waals surface area (Å²) in [4.78, 5) is 0. The SMILES string of the molecule is CCCC1CCC1(N)CC. The Morgan fingerprint density at radius 1 is 1.50 bits per heavy atom. The van der Waals surface area contributed by atoms with Gasteiger partial charge in [0.25, 0.3) is 0 Å². The van der Waals surface area contributed by atoms with E-state index in [1.165, 1.54) is 25.7 Å². The molecule has 0 saturated heterocycles. The molecule has 0 aromatic carbocycles. The summed E-state index contributed by atoms with van der Waals surface area (Å²) in [6, 6.07) is 0. The maximum Gasteiger partial charge on any atom is 0.0180 e. The van der Waals surface area contributed by atoms with Crippen LogP contribution in [0.3, 0.4) is 0 Å². The predicted octanol–water partition coefficient (Wildman–Crippen LogP) is 2.30. The molecule has 2 atom stereocenters. The first-order valence-corrected chi connectivity index (χ1v) is 4.52. The molecule has 60 valence electrons. The van der Waals surface area contributed by atoms with Crippen LogP contribution in [0.4, 0.5) is 0 Å². The van der Waals surface area contributed by atoms with E-state index in [9.17, 15) is 0 Å². The van der Waals surface area contributed by atoms with Gasteiger partial charge in [-0.2, -0.15) is 0 Å². The van der Waals surface area contributed by atoms with Crippen LogP contribution in [0.25, 0.3) is 0 Å². The van der Waals surface area contributed by atoms with Crippen molar-refractivity contribution in [3.8, 4) is 0 Å². The molecule has 1 aliphatic carbocycles. The third-order valence-corrected chi connectivity index (χ3v) is 3.07. The largest absolute Gasteiger partial charge is 0.325 e. The molecule has 0 aromatic rings. The summed E-state index contributed by atoms with van der Waals surface area (Å²) in [6.45, 7) is 4.45. The van der Waals surface area contributed by atoms with Crippen LogP contribution in [0.5, 0.6) is 0 Å². The summed E-state index contributed by atoms with van der Waals surface area (Å²) >= 11 is 0. The van der Waals surface area contributed by atoms with Crippen LogP contribution < -0.4 is 5.73 Å². The Morgan fingerprint density at radius 2 is 2.20 bits per heavy atom. The molecule has 1 heteroatoms. The fourth-order valence-corrected chi connectivity index (χ4v) is 1.96. The Kier molecular flexibility index (Phi) is 2.35. The molecule has 1 nitrogen and oxygen atoms in total. The first kappa shape index (κ1) is 8.06. The lowest BCUT2D eigenvalue weighted by Gasteiger charge is -2.46. The Morgan fingerprint density at radius 3 is 2.50 bits per heavy atom. The Hall–Kier alpha value is -0.0400. The van der Waals surface area contributed by atoms with E-state index >= 15 is 0 Å². The second kappa shape index (κ2) is 2.91. The van der Waals surface area contributed by atoms with Crippen LogP contribution in [-0.4, -0.2) is 5.54 Å². The molecule has 0 spiro atoms. The normalized spacial score (nSPS) is 39.3. The van der Waals surface area contributed by atoms with Crippen LogP contribution in [0, 0.1) is 5.92 Å². The van der Waals surface area contributed by atoms with E-state index in [0.29, 0.717) is 0 Å². The Labute approximate surface area is 64.0 Å². The van der Waals surface area contributed by atoms with Crippen molar-refractivity contribution in [2.24, 2.45) is 11.7 Å². The smallest absolute Gasteiger partial charge is 0.0180 e. The molecule has 2 unspecified atom stereocenters. The molecule has 1 rings (SSSR count). The summed E-state index contributed by atoms with van der Waals surface area (Å²) < 4.78 is 0. The molecule has 2 N–H and O–H groups in total. The van der Waals surface area contributed by atoms with Gasteiger partial charge in [0.05, 0.1) is 0 Å². The van der Waals surface area contributed by atoms with E-state index in [4.69, 9.17) is 5.73 Å². The summed E-state index contributed by atoms with van der Waals surface area (Å²) in [6.07, 6.45) is 6.43. The van der Waals surface area contributed by atoms with Gasteiger partial charge in [-0.25, -0.2) is 0 Å². The van der Waals surface area contributed by atoms with Gasteiger partial charge in [-0.15, -0.1) is 0 Å². The zero-order chi connectivity index (χ0) is 7.61. The van der Waals surface area contributed by atoms with Gasteiger partial charge >= 0.3 is 0 Å². The maximum atomic E-state index is 6.13. The first-order valence-electron chi connectivity index (χ1n) is 4.52. The molecule has 0 amide bonds. The highest BCUT2D eigenvalue weighted by atomic mass is 14.8. The molecule has 0 aromatic heterocycles. The van der Waals surface area contributed by atoms with Gasteiger partial charge in [-0.1, -0.05) is 20.3 Å². The molecule has 1 aliphatic rings. The minimum absolute atomic E-state index is 0.232. The van der Waals surface area contributed by atoms with Crippen molar-refractivity contribution >= 4 is 0 Å². The number of nitrogens with two attached hydrogens (primary N) is 1. The van der Waals surface area contributed by atoms with Crippen molar-refractivity contribution in [2.75, 3.05) is 0 Å². The molecule has 1 fully saturated rings. The van der Waals surface area contributed by atoms with Gasteiger partial charge in [0, 0.05) is 5.54 Å². The van der Waals surface area contributed by atoms with Crippen molar-refractivity contribution in [2.45, 2.75) is 51.5 Å². The van der Waals surface area contributed by atoms with Gasteiger partial charge < -0.3 is 5.73 Å². The highest BCUT2D eigenvalue weighted by molar-refractivity contribution is 4.98. The third-order valence-electron chi connectivity index (χ3n) is 3.07. The molecule has 0 bridgehead atoms. The Balaban J connectivity index is 2.34. The first-order chi connectivity index (χ1) is 4.73. The highest BCUT2D eigenvalue weighted by Gasteiger charge is 2.40. The van der Waals surface area contributed by atoms with Gasteiger partial charge in [0.15, 0.2) is 0 Å². The van der Waals surface area contributed by atoms with Crippen LogP contribution >= 0.6 is 0 Å². The van der Waals surface area contributed by atoms with Gasteiger partial charge in [0.2, 0.25) is 0 Å². The summed E-state index contributed by atoms with van der Waals surface area (Å²) in [5, 5.41) is 0. The quantitative estimate of drug-likeness (QED) is 0.641. The summed E-state index contributed by atoms with van der Waals surface area (Å²) in [7, 11) is 0. The number of rotatable bonds is 3. The highest BCUT2D eigenvalue weighted by Crippen LogP contribution is 2.41. The van der Waals surface area contributed by atoms with Gasteiger partial charge in [-0.05, 0) is 31.6 Å². The minimum Gasteiger partial charge on any atom is -0.325 e. The third kappa shape index (κ3) is 1.20. The molecule has 1 saturated carbocycles. The van der Waals surface area contributed by atoms with Crippen molar-refractivity contribution < 1.29 is 0 Å². The number of hydrogen-bond acceptors (Lipinski definition) is 1. The molecule has 0 radical (unpaired) electrons. The summed E-state index contributed by atoms with van der Waals surface area (Å²) in [5.41, 5.74) is 6.36. The lowest BCUT2D eigenvalue weighted by molar-refractivity contribution is 0.112. The van der Waals surface area contributed by atoms with Crippen LogP contribution in [0.1, 0.15) is 46.0 Å². The molecular formula is C9H19N. The average molecular weight is 141 g/mol. The fourth-order valence-electron chi connectivity index (χ4n) is 1.96. The lowest BCUT2D eigenvalue weighted by atomic mass is 9.64. The fraction of sp³-hybridized carbons (Fsp3) is 1.00. The monoisotopic (exact) mass is 141 g/mol. The molecule has 0 heterocycles. The zero-order valence-electron chi connectivity index (χ0n) is 7.19. The summed E-state index contributed by atoms with van der Waals surface area (Å²) in [5.74, 6) is 0.836. The van der Waals surface area contributed by atoms with Crippen molar-refractivity contribution in [1.82, 2.24) is 0 Å². The van der Waals surface area contributed by atoms with E-state index in [-0.39, 0.29) is 5.54 Å². The van der Waals surface area contributed by atoms with Crippen molar-refractivity contribution in [3.05, 3.63) is 0 Å². The average Bonchev–Trinajstić information content (AvgIpc) is 1.96. The van der Waals surface area contributed by atoms with Gasteiger partial charge in [-0.3, -0.25) is 0 Å². The predicted molar refractivity (Wildman–Crippen MR) is 44.8 cm³/mol. The van der Waals surface area contributed by atoms with E-state index in [0.717, 1.165) is 12.3 Å². The second-order valence-corrected chi connectivity index (χ2v) is 3.61. The van der Waals surface area contributed by atoms with E-state index in [2.05, 4.69) is 13.8 Å². The molecule has 10 heavy (non-hydrogen) atoms. The van der Waals surface area contributed by atoms with Crippen molar-refractivity contribution in [3.63, 3.8) is 0 Å². The van der Waals surface area contributed by atoms with Crippen LogP contribution in [-0.2, 0) is 0 Å². The van der Waals surface area contributed by atoms with E-state index < -0.39 is 0 Å². The van der Waals surface area contributed by atoms with E-state index in [1.54, 1.807) is 0 Å². The topological polar surface area (TPSA) is 26.0 Å². The Bertz CT molecular complexity index is 107.